The van der Waals surface area contributed by atoms with Crippen LogP contribution in [-0.2, 0) is 4.74 Å². The molecule has 0 unspecified atom stereocenters. The van der Waals surface area contributed by atoms with Crippen LogP contribution < -0.4 is 5.73 Å². The minimum atomic E-state index is 0.0735. The van der Waals surface area contributed by atoms with E-state index in [2.05, 4.69) is 18.4 Å². The van der Waals surface area contributed by atoms with E-state index in [0.29, 0.717) is 24.9 Å². The summed E-state index contributed by atoms with van der Waals surface area (Å²) in [7, 11) is 1.67. The molecule has 1 aliphatic carbocycles. The van der Waals surface area contributed by atoms with Gasteiger partial charge in [0.1, 0.15) is 5.69 Å². The van der Waals surface area contributed by atoms with Crippen LogP contribution in [-0.4, -0.2) is 41.7 Å². The van der Waals surface area contributed by atoms with E-state index in [0.717, 1.165) is 31.4 Å². The first-order chi connectivity index (χ1) is 10.1. The molecule has 5 nitrogen and oxygen atoms in total. The number of amides is 1. The first-order valence-corrected chi connectivity index (χ1v) is 7.89. The molecule has 118 valence electrons. The molecule has 5 heteroatoms. The molecule has 1 amide bonds. The molecule has 1 aromatic heterocycles. The van der Waals surface area contributed by atoms with Gasteiger partial charge in [0.2, 0.25) is 0 Å². The lowest BCUT2D eigenvalue weighted by Gasteiger charge is -2.30. The summed E-state index contributed by atoms with van der Waals surface area (Å²) in [6.45, 7) is 5.42. The molecule has 21 heavy (non-hydrogen) atoms. The number of nitrogen functional groups attached to an aromatic ring is 1. The zero-order valence-corrected chi connectivity index (χ0v) is 13.3. The number of nitrogens with zero attached hydrogens (tertiary/aromatic N) is 2. The summed E-state index contributed by atoms with van der Waals surface area (Å²) in [6, 6.07) is 2.51. The van der Waals surface area contributed by atoms with Crippen molar-refractivity contribution >= 4 is 11.6 Å². The van der Waals surface area contributed by atoms with E-state index in [1.807, 2.05) is 17.2 Å². The molecule has 0 bridgehead atoms. The van der Waals surface area contributed by atoms with Crippen molar-refractivity contribution in [3.63, 3.8) is 0 Å². The van der Waals surface area contributed by atoms with Crippen LogP contribution in [0.15, 0.2) is 12.3 Å². The molecule has 1 aromatic rings. The summed E-state index contributed by atoms with van der Waals surface area (Å²) in [6.07, 6.45) is 6.07. The molecule has 1 aliphatic rings. The number of methoxy groups -OCH3 is 1. The van der Waals surface area contributed by atoms with Gasteiger partial charge in [0.25, 0.3) is 5.91 Å². The van der Waals surface area contributed by atoms with Crippen molar-refractivity contribution < 1.29 is 9.53 Å². The molecule has 0 spiro atoms. The lowest BCUT2D eigenvalue weighted by atomic mass is 10.1. The molecule has 2 rings (SSSR count). The summed E-state index contributed by atoms with van der Waals surface area (Å²) < 4.78 is 7.22. The zero-order valence-electron chi connectivity index (χ0n) is 13.3. The molecule has 1 saturated carbocycles. The molecule has 1 fully saturated rings. The third-order valence-corrected chi connectivity index (χ3v) is 4.21. The summed E-state index contributed by atoms with van der Waals surface area (Å²) in [5.74, 6) is 0.0735. The molecule has 0 saturated heterocycles. The van der Waals surface area contributed by atoms with Crippen molar-refractivity contribution in [2.45, 2.75) is 51.6 Å². The minimum absolute atomic E-state index is 0.0735. The molecular weight excluding hydrogens is 266 g/mol. The summed E-state index contributed by atoms with van der Waals surface area (Å²) >= 11 is 0. The fourth-order valence-corrected chi connectivity index (χ4v) is 2.84. The van der Waals surface area contributed by atoms with E-state index < -0.39 is 0 Å². The van der Waals surface area contributed by atoms with E-state index in [1.165, 1.54) is 0 Å². The lowest BCUT2D eigenvalue weighted by Crippen LogP contribution is -2.42. The summed E-state index contributed by atoms with van der Waals surface area (Å²) in [5.41, 5.74) is 7.30. The van der Waals surface area contributed by atoms with Crippen LogP contribution in [0.4, 0.5) is 5.69 Å². The fourth-order valence-electron chi connectivity index (χ4n) is 2.84. The van der Waals surface area contributed by atoms with Crippen LogP contribution >= 0.6 is 0 Å². The highest BCUT2D eigenvalue weighted by Crippen LogP contribution is 2.37. The Morgan fingerprint density at radius 1 is 1.48 bits per heavy atom. The number of rotatable bonds is 8. The van der Waals surface area contributed by atoms with Gasteiger partial charge in [-0.1, -0.05) is 13.8 Å². The Balaban J connectivity index is 2.24. The van der Waals surface area contributed by atoms with Gasteiger partial charge in [0, 0.05) is 31.9 Å². The number of hydrogen-bond acceptors (Lipinski definition) is 3. The van der Waals surface area contributed by atoms with Gasteiger partial charge >= 0.3 is 0 Å². The summed E-state index contributed by atoms with van der Waals surface area (Å²) in [5, 5.41) is 0. The predicted octanol–water partition coefficient (Wildman–Crippen LogP) is 2.68. The van der Waals surface area contributed by atoms with Crippen LogP contribution in [0.5, 0.6) is 0 Å². The van der Waals surface area contributed by atoms with E-state index >= 15 is 0 Å². The van der Waals surface area contributed by atoms with Gasteiger partial charge in [0.05, 0.1) is 12.3 Å². The Bertz CT molecular complexity index is 476. The molecular formula is C16H27N3O2. The Hall–Kier alpha value is -1.49. The average molecular weight is 293 g/mol. The Labute approximate surface area is 127 Å². The van der Waals surface area contributed by atoms with Gasteiger partial charge in [-0.25, -0.2) is 0 Å². The maximum absolute atomic E-state index is 13.0. The van der Waals surface area contributed by atoms with Crippen molar-refractivity contribution in [3.8, 4) is 0 Å². The van der Waals surface area contributed by atoms with Crippen LogP contribution in [0.1, 0.15) is 56.1 Å². The number of hydrogen-bond donors (Lipinski definition) is 1. The molecule has 0 aromatic carbocycles. The third kappa shape index (κ3) is 3.59. The second-order valence-corrected chi connectivity index (χ2v) is 5.76. The predicted molar refractivity (Wildman–Crippen MR) is 84.4 cm³/mol. The van der Waals surface area contributed by atoms with Crippen molar-refractivity contribution in [2.24, 2.45) is 0 Å². The van der Waals surface area contributed by atoms with Crippen molar-refractivity contribution in [2.75, 3.05) is 26.0 Å². The van der Waals surface area contributed by atoms with Gasteiger partial charge < -0.3 is 19.9 Å². The Kier molecular flexibility index (Phi) is 5.28. The fraction of sp³-hybridized carbons (Fsp3) is 0.688. The number of carbonyl (C=O) groups is 1. The molecule has 2 N–H and O–H groups in total. The largest absolute Gasteiger partial charge is 0.397 e. The van der Waals surface area contributed by atoms with Gasteiger partial charge in [-0.3, -0.25) is 4.79 Å². The Morgan fingerprint density at radius 2 is 2.14 bits per heavy atom. The normalized spacial score (nSPS) is 14.7. The number of aromatic nitrogens is 1. The second kappa shape index (κ2) is 6.98. The number of anilines is 1. The van der Waals surface area contributed by atoms with Crippen molar-refractivity contribution in [1.29, 1.82) is 0 Å². The first-order valence-electron chi connectivity index (χ1n) is 7.89. The molecule has 0 aliphatic heterocycles. The zero-order chi connectivity index (χ0) is 15.4. The molecule has 1 heterocycles. The number of ether oxygens (including phenoxy) is 1. The van der Waals surface area contributed by atoms with Gasteiger partial charge in [0.15, 0.2) is 0 Å². The van der Waals surface area contributed by atoms with Crippen molar-refractivity contribution in [1.82, 2.24) is 9.47 Å². The van der Waals surface area contributed by atoms with Crippen LogP contribution in [0.25, 0.3) is 0 Å². The van der Waals surface area contributed by atoms with E-state index in [9.17, 15) is 4.79 Å². The Morgan fingerprint density at radius 3 is 2.67 bits per heavy atom. The third-order valence-electron chi connectivity index (χ3n) is 4.21. The molecule has 0 radical (unpaired) electrons. The van der Waals surface area contributed by atoms with E-state index in [1.54, 1.807) is 7.11 Å². The maximum atomic E-state index is 13.0. The summed E-state index contributed by atoms with van der Waals surface area (Å²) in [4.78, 5) is 14.9. The smallest absolute Gasteiger partial charge is 0.270 e. The van der Waals surface area contributed by atoms with Crippen LogP contribution in [0, 0.1) is 0 Å². The second-order valence-electron chi connectivity index (χ2n) is 5.76. The first kappa shape index (κ1) is 15.9. The standard InChI is InChI=1S/C16H27N3O2/c1-4-13(5-2)18(8-9-21-3)16(20)15-10-12(17)11-19(15)14-6-7-14/h10-11,13-14H,4-9,17H2,1-3H3. The quantitative estimate of drug-likeness (QED) is 0.801. The van der Waals surface area contributed by atoms with E-state index in [-0.39, 0.29) is 11.9 Å². The van der Waals surface area contributed by atoms with Crippen LogP contribution in [0.2, 0.25) is 0 Å². The topological polar surface area (TPSA) is 60.5 Å². The van der Waals surface area contributed by atoms with Crippen molar-refractivity contribution in [3.05, 3.63) is 18.0 Å². The van der Waals surface area contributed by atoms with Gasteiger partial charge in [-0.05, 0) is 31.7 Å². The molecule has 0 atom stereocenters. The van der Waals surface area contributed by atoms with E-state index in [4.69, 9.17) is 10.5 Å². The van der Waals surface area contributed by atoms with Gasteiger partial charge in [-0.2, -0.15) is 0 Å². The number of carbonyl (C=O) groups excluding carboxylic acids is 1. The monoisotopic (exact) mass is 293 g/mol. The highest BCUT2D eigenvalue weighted by molar-refractivity contribution is 5.94. The lowest BCUT2D eigenvalue weighted by molar-refractivity contribution is 0.0578. The number of nitrogens with two attached hydrogens (primary N) is 1. The van der Waals surface area contributed by atoms with Crippen LogP contribution in [0.3, 0.4) is 0 Å². The average Bonchev–Trinajstić information content (AvgIpc) is 3.25. The highest BCUT2D eigenvalue weighted by Gasteiger charge is 2.31. The van der Waals surface area contributed by atoms with Gasteiger partial charge in [-0.15, -0.1) is 0 Å². The SMILES string of the molecule is CCC(CC)N(CCOC)C(=O)c1cc(N)cn1C1CC1. The highest BCUT2D eigenvalue weighted by atomic mass is 16.5. The maximum Gasteiger partial charge on any atom is 0.270 e. The minimum Gasteiger partial charge on any atom is -0.397 e.